The lowest BCUT2D eigenvalue weighted by atomic mass is 9.68. The van der Waals surface area contributed by atoms with E-state index >= 15 is 0 Å². The van der Waals surface area contributed by atoms with Gasteiger partial charge in [-0.2, -0.15) is 0 Å². The van der Waals surface area contributed by atoms with E-state index in [1.165, 1.54) is 38.5 Å². The standard InChI is InChI=1S/C12H20/c1-8-6-9-7-12(8)11-5-3-2-4-10(9)11/h8-12H,2-7H2,1H3/t8-,9?,10?,11?,12?/m1/s1/i8D. The molecule has 0 aromatic rings. The molecule has 5 atom stereocenters. The van der Waals surface area contributed by atoms with Crippen LogP contribution in [0.1, 0.15) is 46.8 Å². The molecule has 0 aromatic carbocycles. The fourth-order valence-corrected chi connectivity index (χ4v) is 4.32. The van der Waals surface area contributed by atoms with E-state index in [0.29, 0.717) is 0 Å². The smallest absolute Gasteiger partial charge is 0.0303 e. The summed E-state index contributed by atoms with van der Waals surface area (Å²) in [4.78, 5) is 0. The summed E-state index contributed by atoms with van der Waals surface area (Å²) in [6, 6.07) is 0. The second-order valence-electron chi connectivity index (χ2n) is 5.26. The van der Waals surface area contributed by atoms with Gasteiger partial charge in [-0.05, 0) is 55.2 Å². The number of fused-ring (bicyclic) bond motifs is 5. The lowest BCUT2D eigenvalue weighted by Gasteiger charge is -2.37. The summed E-state index contributed by atoms with van der Waals surface area (Å²) in [7, 11) is 0. The summed E-state index contributed by atoms with van der Waals surface area (Å²) < 4.78 is 8.30. The number of rotatable bonds is 0. The van der Waals surface area contributed by atoms with Crippen molar-refractivity contribution in [2.45, 2.75) is 45.4 Å². The molecule has 0 N–H and O–H groups in total. The van der Waals surface area contributed by atoms with Gasteiger partial charge in [0.2, 0.25) is 0 Å². The Balaban J connectivity index is 1.87. The first-order chi connectivity index (χ1) is 6.18. The molecule has 3 rings (SSSR count). The maximum absolute atomic E-state index is 8.30. The monoisotopic (exact) mass is 165 g/mol. The molecule has 0 aliphatic heterocycles. The first-order valence-corrected chi connectivity index (χ1v) is 5.68. The minimum absolute atomic E-state index is 0.0524. The lowest BCUT2D eigenvalue weighted by molar-refractivity contribution is 0.123. The molecule has 0 spiro atoms. The van der Waals surface area contributed by atoms with Crippen LogP contribution in [0.3, 0.4) is 0 Å². The maximum atomic E-state index is 8.30. The molecular formula is C12H20. The van der Waals surface area contributed by atoms with Crippen LogP contribution < -0.4 is 0 Å². The van der Waals surface area contributed by atoms with Crippen LogP contribution in [-0.2, 0) is 0 Å². The Morgan fingerprint density at radius 3 is 2.58 bits per heavy atom. The van der Waals surface area contributed by atoms with Crippen LogP contribution in [0.25, 0.3) is 0 Å². The molecule has 3 aliphatic carbocycles. The van der Waals surface area contributed by atoms with Gasteiger partial charge < -0.3 is 0 Å². The van der Waals surface area contributed by atoms with Crippen LogP contribution in [0, 0.1) is 29.6 Å². The SMILES string of the molecule is [2H][C@@]1(C)CC2CC1C1CCCCC21. The van der Waals surface area contributed by atoms with E-state index in [1.807, 2.05) is 0 Å². The number of hydrogen-bond donors (Lipinski definition) is 0. The molecule has 0 aromatic heterocycles. The Hall–Kier alpha value is 0. The van der Waals surface area contributed by atoms with E-state index in [0.717, 1.165) is 23.7 Å². The average Bonchev–Trinajstić information content (AvgIpc) is 2.58. The molecule has 0 radical (unpaired) electrons. The first-order valence-electron chi connectivity index (χ1n) is 6.18. The maximum Gasteiger partial charge on any atom is 0.0303 e. The van der Waals surface area contributed by atoms with Crippen molar-refractivity contribution >= 4 is 0 Å². The van der Waals surface area contributed by atoms with Gasteiger partial charge in [-0.15, -0.1) is 0 Å². The van der Waals surface area contributed by atoms with E-state index < -0.39 is 0 Å². The van der Waals surface area contributed by atoms with Crippen LogP contribution in [0.5, 0.6) is 0 Å². The van der Waals surface area contributed by atoms with E-state index in [1.54, 1.807) is 0 Å². The van der Waals surface area contributed by atoms with Gasteiger partial charge in [-0.1, -0.05) is 19.8 Å². The zero-order valence-electron chi connectivity index (χ0n) is 9.05. The summed E-state index contributed by atoms with van der Waals surface area (Å²) in [6.07, 6.45) is 8.45. The van der Waals surface area contributed by atoms with E-state index in [2.05, 4.69) is 6.92 Å². The highest BCUT2D eigenvalue weighted by Crippen LogP contribution is 2.59. The van der Waals surface area contributed by atoms with E-state index in [-0.39, 0.29) is 5.89 Å². The Morgan fingerprint density at radius 2 is 1.75 bits per heavy atom. The second kappa shape index (κ2) is 2.49. The van der Waals surface area contributed by atoms with Crippen molar-refractivity contribution in [2.24, 2.45) is 29.6 Å². The van der Waals surface area contributed by atoms with E-state index in [4.69, 9.17) is 1.37 Å². The highest BCUT2D eigenvalue weighted by atomic mass is 14.6. The van der Waals surface area contributed by atoms with Crippen LogP contribution in [0.4, 0.5) is 0 Å². The van der Waals surface area contributed by atoms with Crippen LogP contribution >= 0.6 is 0 Å². The predicted octanol–water partition coefficient (Wildman–Crippen LogP) is 3.47. The predicted molar refractivity (Wildman–Crippen MR) is 50.8 cm³/mol. The molecule has 12 heavy (non-hydrogen) atoms. The summed E-state index contributed by atoms with van der Waals surface area (Å²) >= 11 is 0. The van der Waals surface area contributed by atoms with Crippen molar-refractivity contribution in [1.29, 1.82) is 0 Å². The largest absolute Gasteiger partial charge is 0.0622 e. The van der Waals surface area contributed by atoms with Crippen molar-refractivity contribution in [3.8, 4) is 0 Å². The highest BCUT2D eigenvalue weighted by molar-refractivity contribution is 5.00. The second-order valence-corrected chi connectivity index (χ2v) is 5.26. The summed E-state index contributed by atoms with van der Waals surface area (Å²) in [5, 5.41) is 0. The first kappa shape index (κ1) is 6.45. The molecule has 3 saturated carbocycles. The third-order valence-corrected chi connectivity index (χ3v) is 4.77. The molecule has 3 fully saturated rings. The molecule has 0 heterocycles. The summed E-state index contributed by atoms with van der Waals surface area (Å²) in [6.45, 7) is 2.18. The summed E-state index contributed by atoms with van der Waals surface area (Å²) in [5.41, 5.74) is 0. The van der Waals surface area contributed by atoms with Gasteiger partial charge in [0.05, 0.1) is 0 Å². The van der Waals surface area contributed by atoms with Gasteiger partial charge in [0, 0.05) is 1.37 Å². The molecular weight excluding hydrogens is 144 g/mol. The van der Waals surface area contributed by atoms with Crippen LogP contribution in [0.2, 0.25) is 0 Å². The fraction of sp³-hybridized carbons (Fsp3) is 1.00. The average molecular weight is 165 g/mol. The molecule has 2 bridgehead atoms. The van der Waals surface area contributed by atoms with Gasteiger partial charge in [0.15, 0.2) is 0 Å². The quantitative estimate of drug-likeness (QED) is 0.515. The zero-order chi connectivity index (χ0) is 9.05. The van der Waals surface area contributed by atoms with Gasteiger partial charge in [-0.25, -0.2) is 0 Å². The zero-order valence-corrected chi connectivity index (χ0v) is 8.05. The fourth-order valence-electron chi connectivity index (χ4n) is 4.32. The summed E-state index contributed by atoms with van der Waals surface area (Å²) in [5.74, 6) is 3.65. The molecule has 0 saturated heterocycles. The topological polar surface area (TPSA) is 0 Å². The number of hydrogen-bond acceptors (Lipinski definition) is 0. The van der Waals surface area contributed by atoms with Crippen molar-refractivity contribution in [3.63, 3.8) is 0 Å². The minimum atomic E-state index is -0.0524. The minimum Gasteiger partial charge on any atom is -0.0622 e. The van der Waals surface area contributed by atoms with Crippen molar-refractivity contribution in [2.75, 3.05) is 0 Å². The van der Waals surface area contributed by atoms with Crippen molar-refractivity contribution < 1.29 is 1.37 Å². The van der Waals surface area contributed by atoms with Gasteiger partial charge in [-0.3, -0.25) is 0 Å². The third kappa shape index (κ3) is 0.843. The Bertz CT molecular complexity index is 221. The van der Waals surface area contributed by atoms with Gasteiger partial charge >= 0.3 is 0 Å². The normalized spacial score (nSPS) is 64.6. The van der Waals surface area contributed by atoms with Gasteiger partial charge in [0.25, 0.3) is 0 Å². The van der Waals surface area contributed by atoms with Gasteiger partial charge in [0.1, 0.15) is 0 Å². The van der Waals surface area contributed by atoms with Crippen molar-refractivity contribution in [3.05, 3.63) is 0 Å². The Kier molecular flexibility index (Phi) is 1.34. The Labute approximate surface area is 77.1 Å². The molecule has 0 heteroatoms. The molecule has 68 valence electrons. The molecule has 0 nitrogen and oxygen atoms in total. The van der Waals surface area contributed by atoms with Crippen LogP contribution in [0.15, 0.2) is 0 Å². The van der Waals surface area contributed by atoms with E-state index in [9.17, 15) is 0 Å². The highest BCUT2D eigenvalue weighted by Gasteiger charge is 2.50. The lowest BCUT2D eigenvalue weighted by Crippen LogP contribution is -2.29. The molecule has 0 amide bonds. The Morgan fingerprint density at radius 1 is 1.00 bits per heavy atom. The molecule has 4 unspecified atom stereocenters. The van der Waals surface area contributed by atoms with Crippen LogP contribution in [-0.4, -0.2) is 0 Å². The third-order valence-electron chi connectivity index (χ3n) is 4.77. The molecule has 3 aliphatic rings. The van der Waals surface area contributed by atoms with Crippen molar-refractivity contribution in [1.82, 2.24) is 0 Å².